The second-order valence-corrected chi connectivity index (χ2v) is 7.38. The smallest absolute Gasteiger partial charge is 0.159 e. The predicted octanol–water partition coefficient (Wildman–Crippen LogP) is 3.76. The highest BCUT2D eigenvalue weighted by atomic mass is 79.9. The molecular weight excluding hydrogens is 366 g/mol. The Hall–Kier alpha value is -1.95. The molecule has 0 radical (unpaired) electrons. The van der Waals surface area contributed by atoms with Crippen LogP contribution in [0.25, 0.3) is 11.0 Å². The van der Waals surface area contributed by atoms with Crippen molar-refractivity contribution in [2.24, 2.45) is 13.0 Å². The van der Waals surface area contributed by atoms with Crippen molar-refractivity contribution in [2.75, 3.05) is 18.0 Å². The highest BCUT2D eigenvalue weighted by Gasteiger charge is 2.28. The van der Waals surface area contributed by atoms with Crippen LogP contribution in [0.1, 0.15) is 24.8 Å². The van der Waals surface area contributed by atoms with Crippen molar-refractivity contribution in [3.05, 3.63) is 47.0 Å². The molecule has 24 heavy (non-hydrogen) atoms. The first-order valence-corrected chi connectivity index (χ1v) is 9.06. The van der Waals surface area contributed by atoms with E-state index in [2.05, 4.69) is 55.0 Å². The third-order valence-electron chi connectivity index (χ3n) is 5.04. The van der Waals surface area contributed by atoms with Crippen LogP contribution < -0.4 is 4.90 Å². The van der Waals surface area contributed by atoms with Gasteiger partial charge in [0, 0.05) is 32.5 Å². The standard InChI is InChI=1S/C18H20BrN5/c1-12-11-24(8-6-14(12)13-3-4-17(19)21-9-13)16-5-7-20-18-15(16)10-22-23(18)2/h3-5,7,9-10,12,14H,6,8,11H2,1-2H3. The minimum atomic E-state index is 0.563. The minimum Gasteiger partial charge on any atom is -0.371 e. The van der Waals surface area contributed by atoms with E-state index in [9.17, 15) is 0 Å². The summed E-state index contributed by atoms with van der Waals surface area (Å²) < 4.78 is 2.73. The van der Waals surface area contributed by atoms with Crippen LogP contribution in [-0.4, -0.2) is 32.8 Å². The van der Waals surface area contributed by atoms with Gasteiger partial charge in [0.1, 0.15) is 4.60 Å². The lowest BCUT2D eigenvalue weighted by Crippen LogP contribution is -2.38. The first-order valence-electron chi connectivity index (χ1n) is 8.26. The van der Waals surface area contributed by atoms with Gasteiger partial charge in [0.25, 0.3) is 0 Å². The fourth-order valence-corrected chi connectivity index (χ4v) is 4.01. The van der Waals surface area contributed by atoms with Gasteiger partial charge in [-0.1, -0.05) is 13.0 Å². The van der Waals surface area contributed by atoms with Crippen LogP contribution in [0.2, 0.25) is 0 Å². The number of fused-ring (bicyclic) bond motifs is 1. The lowest BCUT2D eigenvalue weighted by atomic mass is 9.82. The maximum absolute atomic E-state index is 4.45. The van der Waals surface area contributed by atoms with Gasteiger partial charge in [0.2, 0.25) is 0 Å². The van der Waals surface area contributed by atoms with Crippen LogP contribution in [0.15, 0.2) is 41.4 Å². The Morgan fingerprint density at radius 3 is 2.79 bits per heavy atom. The Morgan fingerprint density at radius 1 is 1.17 bits per heavy atom. The zero-order valence-corrected chi connectivity index (χ0v) is 15.4. The van der Waals surface area contributed by atoms with E-state index in [-0.39, 0.29) is 0 Å². The van der Waals surface area contributed by atoms with Crippen LogP contribution in [0.5, 0.6) is 0 Å². The van der Waals surface area contributed by atoms with Crippen molar-refractivity contribution < 1.29 is 0 Å². The molecule has 5 nitrogen and oxygen atoms in total. The zero-order valence-electron chi connectivity index (χ0n) is 13.9. The molecule has 4 heterocycles. The third kappa shape index (κ3) is 2.69. The van der Waals surface area contributed by atoms with Gasteiger partial charge in [-0.05, 0) is 51.9 Å². The summed E-state index contributed by atoms with van der Waals surface area (Å²) in [6.45, 7) is 4.41. The van der Waals surface area contributed by atoms with E-state index in [1.54, 1.807) is 0 Å². The molecule has 0 spiro atoms. The summed E-state index contributed by atoms with van der Waals surface area (Å²) in [4.78, 5) is 11.3. The topological polar surface area (TPSA) is 46.8 Å². The first kappa shape index (κ1) is 15.6. The molecule has 1 aliphatic heterocycles. The number of halogens is 1. The second kappa shape index (κ2) is 6.16. The normalized spacial score (nSPS) is 21.4. The fourth-order valence-electron chi connectivity index (χ4n) is 3.78. The monoisotopic (exact) mass is 385 g/mol. The second-order valence-electron chi connectivity index (χ2n) is 6.57. The van der Waals surface area contributed by atoms with E-state index >= 15 is 0 Å². The molecule has 0 amide bonds. The van der Waals surface area contributed by atoms with E-state index in [1.807, 2.05) is 36.4 Å². The Bertz CT molecular complexity index is 857. The largest absolute Gasteiger partial charge is 0.371 e. The average molecular weight is 386 g/mol. The van der Waals surface area contributed by atoms with Gasteiger partial charge in [-0.3, -0.25) is 4.68 Å². The lowest BCUT2D eigenvalue weighted by Gasteiger charge is -2.38. The van der Waals surface area contributed by atoms with Crippen molar-refractivity contribution in [3.63, 3.8) is 0 Å². The van der Waals surface area contributed by atoms with E-state index in [0.29, 0.717) is 11.8 Å². The van der Waals surface area contributed by atoms with E-state index in [1.165, 1.54) is 11.3 Å². The van der Waals surface area contributed by atoms with Crippen molar-refractivity contribution in [1.82, 2.24) is 19.7 Å². The maximum Gasteiger partial charge on any atom is 0.159 e. The number of piperidine rings is 1. The third-order valence-corrected chi connectivity index (χ3v) is 5.51. The molecule has 4 rings (SSSR count). The molecule has 2 atom stereocenters. The summed E-state index contributed by atoms with van der Waals surface area (Å²) in [6, 6.07) is 6.34. The molecule has 0 aliphatic carbocycles. The van der Waals surface area contributed by atoms with Crippen LogP contribution in [-0.2, 0) is 7.05 Å². The summed E-state index contributed by atoms with van der Waals surface area (Å²) in [5, 5.41) is 5.49. The summed E-state index contributed by atoms with van der Waals surface area (Å²) in [5.74, 6) is 1.13. The maximum atomic E-state index is 4.45. The fraction of sp³-hybridized carbons (Fsp3) is 0.389. The number of nitrogens with zero attached hydrogens (tertiary/aromatic N) is 5. The molecule has 1 aliphatic rings. The molecule has 1 saturated heterocycles. The van der Waals surface area contributed by atoms with Gasteiger partial charge >= 0.3 is 0 Å². The van der Waals surface area contributed by atoms with Gasteiger partial charge in [-0.2, -0.15) is 5.10 Å². The molecule has 2 unspecified atom stereocenters. The van der Waals surface area contributed by atoms with E-state index in [0.717, 1.165) is 35.1 Å². The number of aromatic nitrogens is 4. The van der Waals surface area contributed by atoms with Crippen molar-refractivity contribution in [3.8, 4) is 0 Å². The number of rotatable bonds is 2. The minimum absolute atomic E-state index is 0.563. The Kier molecular flexibility index (Phi) is 4.00. The highest BCUT2D eigenvalue weighted by molar-refractivity contribution is 9.10. The number of pyridine rings is 2. The van der Waals surface area contributed by atoms with Crippen molar-refractivity contribution in [1.29, 1.82) is 0 Å². The summed E-state index contributed by atoms with van der Waals surface area (Å²) in [6.07, 6.45) is 6.95. The molecule has 0 N–H and O–H groups in total. The van der Waals surface area contributed by atoms with Gasteiger partial charge in [-0.15, -0.1) is 0 Å². The van der Waals surface area contributed by atoms with Gasteiger partial charge in [0.15, 0.2) is 5.65 Å². The van der Waals surface area contributed by atoms with Crippen LogP contribution >= 0.6 is 15.9 Å². The zero-order chi connectivity index (χ0) is 16.7. The molecule has 0 aromatic carbocycles. The summed E-state index contributed by atoms with van der Waals surface area (Å²) in [5.41, 5.74) is 3.53. The van der Waals surface area contributed by atoms with Gasteiger partial charge in [-0.25, -0.2) is 9.97 Å². The van der Waals surface area contributed by atoms with Crippen molar-refractivity contribution in [2.45, 2.75) is 19.3 Å². The quantitative estimate of drug-likeness (QED) is 0.630. The number of anilines is 1. The molecule has 1 fully saturated rings. The molecule has 3 aromatic heterocycles. The predicted molar refractivity (Wildman–Crippen MR) is 99.2 cm³/mol. The molecule has 6 heteroatoms. The van der Waals surface area contributed by atoms with Crippen LogP contribution in [0, 0.1) is 5.92 Å². The van der Waals surface area contributed by atoms with Gasteiger partial charge < -0.3 is 4.90 Å². The average Bonchev–Trinajstić information content (AvgIpc) is 2.97. The van der Waals surface area contributed by atoms with Gasteiger partial charge in [0.05, 0.1) is 17.3 Å². The first-order chi connectivity index (χ1) is 11.6. The van der Waals surface area contributed by atoms with E-state index < -0.39 is 0 Å². The molecular formula is C18H20BrN5. The molecule has 3 aromatic rings. The Balaban J connectivity index is 1.59. The summed E-state index contributed by atoms with van der Waals surface area (Å²) >= 11 is 3.42. The summed E-state index contributed by atoms with van der Waals surface area (Å²) in [7, 11) is 1.94. The molecule has 0 saturated carbocycles. The Labute approximate surface area is 149 Å². The van der Waals surface area contributed by atoms with Crippen LogP contribution in [0.4, 0.5) is 5.69 Å². The molecule has 124 valence electrons. The number of hydrogen-bond donors (Lipinski definition) is 0. The van der Waals surface area contributed by atoms with Crippen LogP contribution in [0.3, 0.4) is 0 Å². The highest BCUT2D eigenvalue weighted by Crippen LogP contribution is 2.36. The SMILES string of the molecule is CC1CN(c2ccnc3c2cnn3C)CCC1c1ccc(Br)nc1. The number of hydrogen-bond acceptors (Lipinski definition) is 4. The lowest BCUT2D eigenvalue weighted by molar-refractivity contribution is 0.383. The Morgan fingerprint density at radius 2 is 2.04 bits per heavy atom. The van der Waals surface area contributed by atoms with Crippen molar-refractivity contribution >= 4 is 32.7 Å². The molecule has 0 bridgehead atoms. The van der Waals surface area contributed by atoms with E-state index in [4.69, 9.17) is 0 Å². The number of aryl methyl sites for hydroxylation is 1.